The van der Waals surface area contributed by atoms with Gasteiger partial charge in [-0.2, -0.15) is 0 Å². The first-order valence-electron chi connectivity index (χ1n) is 13.0. The lowest BCUT2D eigenvalue weighted by molar-refractivity contribution is 0.0746. The van der Waals surface area contributed by atoms with Crippen LogP contribution in [0.2, 0.25) is 0 Å². The first-order chi connectivity index (χ1) is 18.2. The van der Waals surface area contributed by atoms with Gasteiger partial charge in [-0.15, -0.1) is 0 Å². The quantitative estimate of drug-likeness (QED) is 0.430. The molecule has 8 nitrogen and oxygen atoms in total. The fraction of sp³-hybridized carbons (Fsp3) is 0.310. The maximum atomic E-state index is 13.7. The van der Waals surface area contributed by atoms with E-state index in [-0.39, 0.29) is 11.5 Å². The third kappa shape index (κ3) is 4.55. The van der Waals surface area contributed by atoms with Crippen LogP contribution in [0.1, 0.15) is 29.6 Å². The van der Waals surface area contributed by atoms with Gasteiger partial charge in [-0.3, -0.25) is 9.59 Å². The van der Waals surface area contributed by atoms with E-state index >= 15 is 0 Å². The Morgan fingerprint density at radius 2 is 1.51 bits per heavy atom. The maximum Gasteiger partial charge on any atom is 0.267 e. The summed E-state index contributed by atoms with van der Waals surface area (Å²) in [5, 5.41) is 0.515. The summed E-state index contributed by atoms with van der Waals surface area (Å²) in [6.07, 6.45) is 5.13. The molecule has 0 radical (unpaired) electrons. The number of hydrogen-bond acceptors (Lipinski definition) is 6. The number of carbonyl (C=O) groups is 1. The second kappa shape index (κ2) is 10.0. The zero-order chi connectivity index (χ0) is 25.2. The summed E-state index contributed by atoms with van der Waals surface area (Å²) < 4.78 is 1.71. The summed E-state index contributed by atoms with van der Waals surface area (Å²) >= 11 is 0. The topological polar surface area (TPSA) is 74.6 Å². The van der Waals surface area contributed by atoms with E-state index in [4.69, 9.17) is 4.98 Å². The lowest BCUT2D eigenvalue weighted by Gasteiger charge is -2.35. The van der Waals surface area contributed by atoms with E-state index < -0.39 is 0 Å². The Morgan fingerprint density at radius 3 is 2.24 bits per heavy atom. The average molecular weight is 495 g/mol. The normalized spacial score (nSPS) is 16.3. The molecule has 2 aromatic carbocycles. The van der Waals surface area contributed by atoms with Crippen molar-refractivity contribution < 1.29 is 4.79 Å². The van der Waals surface area contributed by atoms with Gasteiger partial charge in [0.25, 0.3) is 11.5 Å². The Labute approximate surface area is 215 Å². The number of para-hydroxylation sites is 1. The minimum Gasteiger partial charge on any atom is -0.353 e. The van der Waals surface area contributed by atoms with Crippen LogP contribution in [0.5, 0.6) is 0 Å². The molecule has 37 heavy (non-hydrogen) atoms. The Balaban J connectivity index is 1.32. The molecule has 2 aromatic heterocycles. The van der Waals surface area contributed by atoms with Crippen molar-refractivity contribution in [2.24, 2.45) is 0 Å². The van der Waals surface area contributed by atoms with Crippen LogP contribution in [0.15, 0.2) is 77.7 Å². The zero-order valence-electron chi connectivity index (χ0n) is 20.8. The van der Waals surface area contributed by atoms with Crippen molar-refractivity contribution in [3.05, 3.63) is 88.8 Å². The van der Waals surface area contributed by atoms with Crippen LogP contribution in [0, 0.1) is 0 Å². The highest BCUT2D eigenvalue weighted by Crippen LogP contribution is 2.24. The molecular formula is C29H30N6O2. The van der Waals surface area contributed by atoms with Crippen molar-refractivity contribution >= 4 is 28.6 Å². The number of hydrogen-bond donors (Lipinski definition) is 0. The Morgan fingerprint density at radius 1 is 0.757 bits per heavy atom. The average Bonchev–Trinajstić information content (AvgIpc) is 2.98. The molecule has 0 bridgehead atoms. The lowest BCUT2D eigenvalue weighted by atomic mass is 10.1. The molecule has 0 unspecified atom stereocenters. The van der Waals surface area contributed by atoms with Crippen molar-refractivity contribution in [3.8, 4) is 5.69 Å². The molecule has 0 atom stereocenters. The molecule has 188 valence electrons. The monoisotopic (exact) mass is 494 g/mol. The van der Waals surface area contributed by atoms with Gasteiger partial charge in [-0.25, -0.2) is 14.5 Å². The van der Waals surface area contributed by atoms with Crippen molar-refractivity contribution in [1.29, 1.82) is 0 Å². The van der Waals surface area contributed by atoms with Crippen LogP contribution in [0.25, 0.3) is 16.6 Å². The van der Waals surface area contributed by atoms with E-state index in [1.165, 1.54) is 6.42 Å². The Hall–Kier alpha value is -4.20. The molecule has 0 aliphatic carbocycles. The number of fused-ring (bicyclic) bond motifs is 1. The number of nitrogens with zero attached hydrogens (tertiary/aromatic N) is 6. The number of pyridine rings is 1. The van der Waals surface area contributed by atoms with Crippen LogP contribution in [-0.4, -0.2) is 64.6 Å². The molecule has 8 heteroatoms. The SMILES string of the molecule is O=C(c1ccc2c(=O)n(-c3ccccc3)c(N3CCCCC3)nc2c1)N1CCN(c2ccccn2)CC1. The number of piperidine rings is 1. The molecule has 0 N–H and O–H groups in total. The molecule has 2 aliphatic rings. The fourth-order valence-electron chi connectivity index (χ4n) is 5.28. The molecule has 1 amide bonds. The third-order valence-corrected chi connectivity index (χ3v) is 7.29. The van der Waals surface area contributed by atoms with Gasteiger partial charge in [0, 0.05) is 51.0 Å². The number of amides is 1. The Bertz CT molecular complexity index is 1460. The van der Waals surface area contributed by atoms with E-state index in [9.17, 15) is 9.59 Å². The lowest BCUT2D eigenvalue weighted by Crippen LogP contribution is -2.49. The van der Waals surface area contributed by atoms with E-state index in [0.717, 1.165) is 50.5 Å². The van der Waals surface area contributed by atoms with E-state index in [1.54, 1.807) is 29.0 Å². The van der Waals surface area contributed by atoms with Gasteiger partial charge in [0.1, 0.15) is 5.82 Å². The van der Waals surface area contributed by atoms with Crippen molar-refractivity contribution in [3.63, 3.8) is 0 Å². The minimum atomic E-state index is -0.111. The van der Waals surface area contributed by atoms with Crippen molar-refractivity contribution in [2.45, 2.75) is 19.3 Å². The molecule has 6 rings (SSSR count). The summed E-state index contributed by atoms with van der Waals surface area (Å²) in [6, 6.07) is 20.8. The van der Waals surface area contributed by atoms with E-state index in [2.05, 4.69) is 14.8 Å². The molecule has 4 heterocycles. The Kier molecular flexibility index (Phi) is 6.30. The number of carbonyl (C=O) groups excluding carboxylic acids is 1. The number of benzene rings is 2. The van der Waals surface area contributed by atoms with Gasteiger partial charge in [0.05, 0.1) is 16.6 Å². The van der Waals surface area contributed by atoms with Crippen LogP contribution >= 0.6 is 0 Å². The van der Waals surface area contributed by atoms with E-state index in [0.29, 0.717) is 35.5 Å². The summed E-state index contributed by atoms with van der Waals surface area (Å²) in [4.78, 5) is 42.8. The predicted octanol–water partition coefficient (Wildman–Crippen LogP) is 3.73. The van der Waals surface area contributed by atoms with Gasteiger partial charge in [-0.05, 0) is 61.7 Å². The zero-order valence-corrected chi connectivity index (χ0v) is 20.8. The second-order valence-electron chi connectivity index (χ2n) is 9.63. The first kappa shape index (κ1) is 23.2. The molecular weight excluding hydrogens is 464 g/mol. The standard InChI is InChI=1S/C29H30N6O2/c36-27(33-19-17-32(18-20-33)26-11-5-6-14-30-26)22-12-13-24-25(21-22)31-29(34-15-7-2-8-16-34)35(28(24)37)23-9-3-1-4-10-23/h1,3-6,9-14,21H,2,7-8,15-20H2. The first-order valence-corrected chi connectivity index (χ1v) is 13.0. The van der Waals surface area contributed by atoms with Gasteiger partial charge in [0.2, 0.25) is 5.95 Å². The van der Waals surface area contributed by atoms with Crippen LogP contribution in [-0.2, 0) is 0 Å². The highest BCUT2D eigenvalue weighted by atomic mass is 16.2. The van der Waals surface area contributed by atoms with Crippen molar-refractivity contribution in [1.82, 2.24) is 19.4 Å². The number of piperazine rings is 1. The largest absolute Gasteiger partial charge is 0.353 e. The van der Waals surface area contributed by atoms with Gasteiger partial charge >= 0.3 is 0 Å². The smallest absolute Gasteiger partial charge is 0.267 e. The number of rotatable bonds is 4. The van der Waals surface area contributed by atoms with Crippen molar-refractivity contribution in [2.75, 3.05) is 49.1 Å². The summed E-state index contributed by atoms with van der Waals surface area (Å²) in [7, 11) is 0. The number of anilines is 2. The van der Waals surface area contributed by atoms with Crippen LogP contribution in [0.3, 0.4) is 0 Å². The summed E-state index contributed by atoms with van der Waals surface area (Å²) in [5.41, 5.74) is 1.82. The molecule has 2 fully saturated rings. The number of aromatic nitrogens is 3. The maximum absolute atomic E-state index is 13.7. The van der Waals surface area contributed by atoms with Crippen LogP contribution in [0.4, 0.5) is 11.8 Å². The molecule has 4 aromatic rings. The molecule has 0 saturated carbocycles. The summed E-state index contributed by atoms with van der Waals surface area (Å²) in [6.45, 7) is 4.43. The fourth-order valence-corrected chi connectivity index (χ4v) is 5.28. The highest BCUT2D eigenvalue weighted by Gasteiger charge is 2.25. The minimum absolute atomic E-state index is 0.0314. The van der Waals surface area contributed by atoms with Gasteiger partial charge < -0.3 is 14.7 Å². The third-order valence-electron chi connectivity index (χ3n) is 7.29. The molecule has 2 saturated heterocycles. The van der Waals surface area contributed by atoms with Gasteiger partial charge in [-0.1, -0.05) is 24.3 Å². The highest BCUT2D eigenvalue weighted by molar-refractivity contribution is 5.98. The van der Waals surface area contributed by atoms with Gasteiger partial charge in [0.15, 0.2) is 0 Å². The second-order valence-corrected chi connectivity index (χ2v) is 9.63. The summed E-state index contributed by atoms with van der Waals surface area (Å²) in [5.74, 6) is 1.55. The predicted molar refractivity (Wildman–Crippen MR) is 146 cm³/mol. The van der Waals surface area contributed by atoms with Crippen LogP contribution < -0.4 is 15.4 Å². The molecule has 2 aliphatic heterocycles. The van der Waals surface area contributed by atoms with E-state index in [1.807, 2.05) is 53.4 Å². The molecule has 0 spiro atoms.